The van der Waals surface area contributed by atoms with Crippen LogP contribution in [0.2, 0.25) is 5.02 Å². The van der Waals surface area contributed by atoms with Crippen LogP contribution in [0.1, 0.15) is 11.1 Å². The third-order valence-corrected chi connectivity index (χ3v) is 2.96. The molecule has 1 nitrogen and oxygen atoms in total. The number of hydrogen-bond acceptors (Lipinski definition) is 1. The predicted octanol–water partition coefficient (Wildman–Crippen LogP) is 4.90. The smallest absolute Gasteiger partial charge is 0.192 e. The summed E-state index contributed by atoms with van der Waals surface area (Å²) in [6.45, 7) is 0. The first-order chi connectivity index (χ1) is 8.95. The van der Waals surface area contributed by atoms with Crippen LogP contribution in [0.3, 0.4) is 0 Å². The standard InChI is InChI=1S/C14H7ClF3N/c15-12-7-2-1-5-10(12)11-6-3-4-9(8-19)13(11)14(16,17)18/h1-7H. The summed E-state index contributed by atoms with van der Waals surface area (Å²) < 4.78 is 39.4. The van der Waals surface area contributed by atoms with Crippen LogP contribution in [0.25, 0.3) is 11.1 Å². The lowest BCUT2D eigenvalue weighted by molar-refractivity contribution is -0.137. The van der Waals surface area contributed by atoms with Gasteiger partial charge in [0.15, 0.2) is 0 Å². The maximum absolute atomic E-state index is 13.1. The normalized spacial score (nSPS) is 11.1. The largest absolute Gasteiger partial charge is 0.418 e. The van der Waals surface area contributed by atoms with Crippen LogP contribution in [0, 0.1) is 11.3 Å². The van der Waals surface area contributed by atoms with Gasteiger partial charge in [0.2, 0.25) is 0 Å². The van der Waals surface area contributed by atoms with Gasteiger partial charge in [0.1, 0.15) is 0 Å². The van der Waals surface area contributed by atoms with Crippen LogP contribution < -0.4 is 0 Å². The fourth-order valence-electron chi connectivity index (χ4n) is 1.85. The van der Waals surface area contributed by atoms with Crippen molar-refractivity contribution in [1.29, 1.82) is 5.26 Å². The molecule has 2 rings (SSSR count). The summed E-state index contributed by atoms with van der Waals surface area (Å²) in [6, 6.07) is 11.7. The molecule has 0 radical (unpaired) electrons. The van der Waals surface area contributed by atoms with E-state index in [0.717, 1.165) is 6.07 Å². The highest BCUT2D eigenvalue weighted by Gasteiger charge is 2.36. The minimum absolute atomic E-state index is 0.0860. The molecule has 0 saturated carbocycles. The van der Waals surface area contributed by atoms with Crippen molar-refractivity contribution >= 4 is 11.6 Å². The first-order valence-corrected chi connectivity index (χ1v) is 5.68. The van der Waals surface area contributed by atoms with Crippen LogP contribution >= 0.6 is 11.6 Å². The second-order valence-electron chi connectivity index (χ2n) is 3.82. The molecule has 2 aromatic carbocycles. The Morgan fingerprint density at radius 2 is 1.58 bits per heavy atom. The van der Waals surface area contributed by atoms with E-state index < -0.39 is 17.3 Å². The van der Waals surface area contributed by atoms with Gasteiger partial charge in [-0.1, -0.05) is 41.9 Å². The molecule has 0 spiro atoms. The number of alkyl halides is 3. The van der Waals surface area contributed by atoms with E-state index in [1.807, 2.05) is 0 Å². The van der Waals surface area contributed by atoms with Gasteiger partial charge in [0.05, 0.1) is 17.2 Å². The molecule has 0 aliphatic carbocycles. The van der Waals surface area contributed by atoms with Gasteiger partial charge in [0, 0.05) is 10.6 Å². The Balaban J connectivity index is 2.79. The number of halogens is 4. The zero-order valence-corrected chi connectivity index (χ0v) is 10.3. The first-order valence-electron chi connectivity index (χ1n) is 5.30. The molecule has 0 aliphatic heterocycles. The Hall–Kier alpha value is -1.99. The lowest BCUT2D eigenvalue weighted by atomic mass is 9.95. The molecule has 0 heterocycles. The first kappa shape index (κ1) is 13.4. The van der Waals surface area contributed by atoms with E-state index >= 15 is 0 Å². The fourth-order valence-corrected chi connectivity index (χ4v) is 2.09. The van der Waals surface area contributed by atoms with E-state index in [-0.39, 0.29) is 16.1 Å². The Labute approximate surface area is 112 Å². The van der Waals surface area contributed by atoms with Gasteiger partial charge in [-0.25, -0.2) is 0 Å². The van der Waals surface area contributed by atoms with Crippen molar-refractivity contribution in [3.63, 3.8) is 0 Å². The predicted molar refractivity (Wildman–Crippen MR) is 66.6 cm³/mol. The molecule has 5 heteroatoms. The summed E-state index contributed by atoms with van der Waals surface area (Å²) in [5.41, 5.74) is -1.19. The van der Waals surface area contributed by atoms with E-state index in [4.69, 9.17) is 16.9 Å². The van der Waals surface area contributed by atoms with Gasteiger partial charge in [-0.2, -0.15) is 18.4 Å². The minimum Gasteiger partial charge on any atom is -0.192 e. The average Bonchev–Trinajstić information content (AvgIpc) is 2.37. The van der Waals surface area contributed by atoms with E-state index in [1.54, 1.807) is 18.2 Å². The van der Waals surface area contributed by atoms with Crippen molar-refractivity contribution in [2.75, 3.05) is 0 Å². The SMILES string of the molecule is N#Cc1cccc(-c2ccccc2Cl)c1C(F)(F)F. The molecule has 0 N–H and O–H groups in total. The zero-order chi connectivity index (χ0) is 14.0. The quantitative estimate of drug-likeness (QED) is 0.729. The third kappa shape index (κ3) is 2.56. The van der Waals surface area contributed by atoms with Crippen LogP contribution in [-0.4, -0.2) is 0 Å². The van der Waals surface area contributed by atoms with Crippen molar-refractivity contribution in [1.82, 2.24) is 0 Å². The summed E-state index contributed by atoms with van der Waals surface area (Å²) in [5.74, 6) is 0. The van der Waals surface area contributed by atoms with Gasteiger partial charge in [-0.3, -0.25) is 0 Å². The van der Waals surface area contributed by atoms with Crippen LogP contribution in [0.4, 0.5) is 13.2 Å². The monoisotopic (exact) mass is 281 g/mol. The van der Waals surface area contributed by atoms with Crippen LogP contribution in [0.5, 0.6) is 0 Å². The topological polar surface area (TPSA) is 23.8 Å². The lowest BCUT2D eigenvalue weighted by Crippen LogP contribution is -2.10. The molecule has 0 bridgehead atoms. The van der Waals surface area contributed by atoms with E-state index in [2.05, 4.69) is 0 Å². The van der Waals surface area contributed by atoms with E-state index in [9.17, 15) is 13.2 Å². The van der Waals surface area contributed by atoms with Gasteiger partial charge >= 0.3 is 6.18 Å². The Bertz CT molecular complexity index is 656. The van der Waals surface area contributed by atoms with Crippen molar-refractivity contribution in [3.8, 4) is 17.2 Å². The second-order valence-corrected chi connectivity index (χ2v) is 4.22. The molecule has 0 saturated heterocycles. The van der Waals surface area contributed by atoms with Crippen LogP contribution in [0.15, 0.2) is 42.5 Å². The van der Waals surface area contributed by atoms with Gasteiger partial charge < -0.3 is 0 Å². The summed E-state index contributed by atoms with van der Waals surface area (Å²) in [5, 5.41) is 9.05. The average molecular weight is 282 g/mol. The minimum atomic E-state index is -4.61. The van der Waals surface area contributed by atoms with E-state index in [0.29, 0.717) is 0 Å². The summed E-state index contributed by atoms with van der Waals surface area (Å²) in [6.07, 6.45) is -4.61. The van der Waals surface area contributed by atoms with Crippen molar-refractivity contribution in [2.24, 2.45) is 0 Å². The fraction of sp³-hybridized carbons (Fsp3) is 0.0714. The molecule has 2 aromatic rings. The van der Waals surface area contributed by atoms with Gasteiger partial charge in [-0.15, -0.1) is 0 Å². The highest BCUT2D eigenvalue weighted by Crippen LogP contribution is 2.41. The lowest BCUT2D eigenvalue weighted by Gasteiger charge is -2.15. The van der Waals surface area contributed by atoms with Gasteiger partial charge in [0.25, 0.3) is 0 Å². The van der Waals surface area contributed by atoms with Crippen LogP contribution in [-0.2, 0) is 6.18 Å². The molecule has 96 valence electrons. The Kier molecular flexibility index (Phi) is 3.50. The summed E-state index contributed by atoms with van der Waals surface area (Å²) in [7, 11) is 0. The maximum Gasteiger partial charge on any atom is 0.418 e. The Morgan fingerprint density at radius 3 is 2.16 bits per heavy atom. The number of nitrogens with zero attached hydrogens (tertiary/aromatic N) is 1. The molecular formula is C14H7ClF3N. The number of benzene rings is 2. The molecular weight excluding hydrogens is 275 g/mol. The molecule has 19 heavy (non-hydrogen) atoms. The molecule has 0 amide bonds. The van der Waals surface area contributed by atoms with E-state index in [1.165, 1.54) is 24.3 Å². The zero-order valence-electron chi connectivity index (χ0n) is 9.50. The number of hydrogen-bond donors (Lipinski definition) is 0. The highest BCUT2D eigenvalue weighted by atomic mass is 35.5. The molecule has 0 unspecified atom stereocenters. The maximum atomic E-state index is 13.1. The van der Waals surface area contributed by atoms with Crippen molar-refractivity contribution in [2.45, 2.75) is 6.18 Å². The Morgan fingerprint density at radius 1 is 0.947 bits per heavy atom. The third-order valence-electron chi connectivity index (χ3n) is 2.63. The molecule has 0 aromatic heterocycles. The molecule has 0 fully saturated rings. The van der Waals surface area contributed by atoms with Crippen molar-refractivity contribution in [3.05, 3.63) is 58.6 Å². The summed E-state index contributed by atoms with van der Waals surface area (Å²) in [4.78, 5) is 0. The van der Waals surface area contributed by atoms with Gasteiger partial charge in [-0.05, 0) is 17.7 Å². The number of nitriles is 1. The number of rotatable bonds is 1. The molecule has 0 atom stereocenters. The molecule has 0 aliphatic rings. The summed E-state index contributed by atoms with van der Waals surface area (Å²) >= 11 is 5.93. The second kappa shape index (κ2) is 4.94. The van der Waals surface area contributed by atoms with Crippen molar-refractivity contribution < 1.29 is 13.2 Å². The highest BCUT2D eigenvalue weighted by molar-refractivity contribution is 6.33.